The number of aromatic nitrogens is 3. The van der Waals surface area contributed by atoms with Crippen LogP contribution in [0.5, 0.6) is 0 Å². The molecule has 32 heavy (non-hydrogen) atoms. The molecule has 0 radical (unpaired) electrons. The molecule has 0 amide bonds. The third-order valence-corrected chi connectivity index (χ3v) is 5.69. The van der Waals surface area contributed by atoms with E-state index in [0.29, 0.717) is 18.1 Å². The van der Waals surface area contributed by atoms with Crippen molar-refractivity contribution < 1.29 is 5.11 Å². The van der Waals surface area contributed by atoms with Crippen molar-refractivity contribution in [2.24, 2.45) is 4.99 Å². The average molecular weight is 455 g/mol. The first-order valence-electron chi connectivity index (χ1n) is 10.7. The van der Waals surface area contributed by atoms with Crippen LogP contribution in [0.15, 0.2) is 51.5 Å². The minimum atomic E-state index is -0.236. The maximum atomic E-state index is 9.42. The van der Waals surface area contributed by atoms with Gasteiger partial charge in [-0.2, -0.15) is 0 Å². The van der Waals surface area contributed by atoms with E-state index in [4.69, 9.17) is 11.6 Å². The number of aliphatic hydroxyl groups is 1. The number of aliphatic imine (C=N–C) groups is 1. The van der Waals surface area contributed by atoms with Gasteiger partial charge in [-0.1, -0.05) is 25.1 Å². The van der Waals surface area contributed by atoms with Gasteiger partial charge >= 0.3 is 0 Å². The number of aliphatic hydroxyl groups excluding tert-OH is 1. The summed E-state index contributed by atoms with van der Waals surface area (Å²) in [6.07, 6.45) is 2.40. The Morgan fingerprint density at radius 3 is 2.53 bits per heavy atom. The monoisotopic (exact) mass is 454 g/mol. The standard InChI is InChI=1S/C14H20ClN3O.C10H11N3/c1-5-11-13(15)12(14(17-11)16-8(2)3)9(4)18-6-10(19)7-18;1-6-4-9-10(11-5-6)7(2)12-8(3)13-9/h10,19H,2,5-7H2,1,3-4H3,(H,16,17);4-5H,1-3H3/b12-9+;. The van der Waals surface area contributed by atoms with Gasteiger partial charge in [0.1, 0.15) is 17.2 Å². The summed E-state index contributed by atoms with van der Waals surface area (Å²) in [5.74, 6) is 1.56. The lowest BCUT2D eigenvalue weighted by Gasteiger charge is -2.39. The Morgan fingerprint density at radius 2 is 1.94 bits per heavy atom. The van der Waals surface area contributed by atoms with Crippen molar-refractivity contribution in [2.45, 2.75) is 54.1 Å². The summed E-state index contributed by atoms with van der Waals surface area (Å²) in [6.45, 7) is 17.0. The van der Waals surface area contributed by atoms with Crippen LogP contribution in [0, 0.1) is 20.8 Å². The predicted molar refractivity (Wildman–Crippen MR) is 130 cm³/mol. The van der Waals surface area contributed by atoms with E-state index >= 15 is 0 Å². The molecule has 0 saturated carbocycles. The van der Waals surface area contributed by atoms with Crippen LogP contribution in [0.4, 0.5) is 0 Å². The summed E-state index contributed by atoms with van der Waals surface area (Å²) in [5.41, 5.74) is 7.60. The smallest absolute Gasteiger partial charge is 0.141 e. The van der Waals surface area contributed by atoms with E-state index in [-0.39, 0.29) is 6.10 Å². The second-order valence-electron chi connectivity index (χ2n) is 8.24. The van der Waals surface area contributed by atoms with Gasteiger partial charge in [0.05, 0.1) is 33.6 Å². The van der Waals surface area contributed by atoms with Gasteiger partial charge in [0.25, 0.3) is 0 Å². The number of nitrogens with one attached hydrogen (secondary N) is 1. The van der Waals surface area contributed by atoms with Crippen LogP contribution in [0.25, 0.3) is 11.0 Å². The Labute approximate surface area is 194 Å². The van der Waals surface area contributed by atoms with Crippen molar-refractivity contribution in [1.29, 1.82) is 0 Å². The lowest BCUT2D eigenvalue weighted by atomic mass is 10.1. The second kappa shape index (κ2) is 9.79. The molecule has 4 heterocycles. The molecule has 0 aliphatic carbocycles. The van der Waals surface area contributed by atoms with Crippen molar-refractivity contribution in [2.75, 3.05) is 13.1 Å². The fraction of sp³-hybridized carbons (Fsp3) is 0.417. The fourth-order valence-corrected chi connectivity index (χ4v) is 4.05. The molecule has 2 aromatic rings. The summed E-state index contributed by atoms with van der Waals surface area (Å²) in [6, 6.07) is 2.03. The van der Waals surface area contributed by atoms with Crippen molar-refractivity contribution >= 4 is 28.5 Å². The van der Waals surface area contributed by atoms with Gasteiger partial charge < -0.3 is 15.3 Å². The number of rotatable bonds is 3. The minimum absolute atomic E-state index is 0.236. The molecule has 0 atom stereocenters. The lowest BCUT2D eigenvalue weighted by molar-refractivity contribution is 0.0245. The highest BCUT2D eigenvalue weighted by Crippen LogP contribution is 2.34. The van der Waals surface area contributed by atoms with Crippen molar-refractivity contribution in [3.8, 4) is 0 Å². The van der Waals surface area contributed by atoms with E-state index in [0.717, 1.165) is 63.0 Å². The Morgan fingerprint density at radius 1 is 1.25 bits per heavy atom. The highest BCUT2D eigenvalue weighted by molar-refractivity contribution is 6.37. The normalized spacial score (nSPS) is 17.6. The van der Waals surface area contributed by atoms with Crippen molar-refractivity contribution in [3.05, 3.63) is 63.6 Å². The fourth-order valence-electron chi connectivity index (χ4n) is 3.65. The number of fused-ring (bicyclic) bond motifs is 1. The van der Waals surface area contributed by atoms with Crippen LogP contribution >= 0.6 is 11.6 Å². The van der Waals surface area contributed by atoms with Crippen LogP contribution in [0.2, 0.25) is 0 Å². The van der Waals surface area contributed by atoms with Gasteiger partial charge in [-0.25, -0.2) is 15.0 Å². The number of hydrogen-bond donors (Lipinski definition) is 2. The Kier molecular flexibility index (Phi) is 7.31. The van der Waals surface area contributed by atoms with Crippen LogP contribution in [-0.4, -0.2) is 50.0 Å². The van der Waals surface area contributed by atoms with E-state index in [1.54, 1.807) is 0 Å². The van der Waals surface area contributed by atoms with Crippen LogP contribution < -0.4 is 5.32 Å². The number of β-amino-alcohol motifs (C(OH)–C–C–N with tert-alkyl or cyclic N) is 1. The molecule has 2 aliphatic heterocycles. The van der Waals surface area contributed by atoms with E-state index < -0.39 is 0 Å². The predicted octanol–water partition coefficient (Wildman–Crippen LogP) is 4.28. The molecular formula is C24H31ClN6O. The molecule has 4 rings (SSSR count). The molecule has 170 valence electrons. The number of amidine groups is 1. The first-order valence-corrected chi connectivity index (χ1v) is 11.1. The number of nitrogens with zero attached hydrogens (tertiary/aromatic N) is 5. The third-order valence-electron chi connectivity index (χ3n) is 5.28. The van der Waals surface area contributed by atoms with E-state index in [1.165, 1.54) is 0 Å². The zero-order valence-corrected chi connectivity index (χ0v) is 20.4. The first-order chi connectivity index (χ1) is 15.1. The summed E-state index contributed by atoms with van der Waals surface area (Å²) in [7, 11) is 0. The maximum absolute atomic E-state index is 9.42. The highest BCUT2D eigenvalue weighted by Gasteiger charge is 2.31. The molecule has 8 heteroatoms. The molecule has 2 N–H and O–H groups in total. The van der Waals surface area contributed by atoms with Gasteiger partial charge in [-0.15, -0.1) is 0 Å². The third kappa shape index (κ3) is 5.16. The van der Waals surface area contributed by atoms with Crippen LogP contribution in [0.3, 0.4) is 0 Å². The molecule has 1 fully saturated rings. The molecule has 0 unspecified atom stereocenters. The second-order valence-corrected chi connectivity index (χ2v) is 8.61. The van der Waals surface area contributed by atoms with Gasteiger partial charge in [-0.05, 0) is 52.7 Å². The Bertz CT molecular complexity index is 1140. The quantitative estimate of drug-likeness (QED) is 0.719. The molecule has 0 bridgehead atoms. The summed E-state index contributed by atoms with van der Waals surface area (Å²) in [4.78, 5) is 19.5. The van der Waals surface area contributed by atoms with E-state index in [2.05, 4.69) is 36.7 Å². The largest absolute Gasteiger partial charge is 0.389 e. The number of likely N-dealkylation sites (tertiary alicyclic amines) is 1. The van der Waals surface area contributed by atoms with Crippen LogP contribution in [-0.2, 0) is 0 Å². The van der Waals surface area contributed by atoms with Gasteiger partial charge in [0.15, 0.2) is 0 Å². The Hall–Kier alpha value is -2.77. The SMILES string of the molecule is C=C(C)NC1=NC(CC)=C(Cl)/C1=C(/C)N1CC(O)C1.Cc1cnc2c(C)nc(C)nc2c1. The van der Waals surface area contributed by atoms with E-state index in [1.807, 2.05) is 53.8 Å². The topological polar surface area (TPSA) is 86.5 Å². The maximum Gasteiger partial charge on any atom is 0.141 e. The Balaban J connectivity index is 0.000000193. The van der Waals surface area contributed by atoms with Gasteiger partial charge in [0, 0.05) is 30.7 Å². The number of aryl methyl sites for hydroxylation is 3. The summed E-state index contributed by atoms with van der Waals surface area (Å²) < 4.78 is 0. The number of allylic oxidation sites excluding steroid dienone is 3. The van der Waals surface area contributed by atoms with Crippen molar-refractivity contribution in [1.82, 2.24) is 25.2 Å². The zero-order valence-electron chi connectivity index (χ0n) is 19.6. The highest BCUT2D eigenvalue weighted by atomic mass is 35.5. The van der Waals surface area contributed by atoms with Gasteiger partial charge in [0.2, 0.25) is 0 Å². The molecule has 0 spiro atoms. The molecule has 2 aromatic heterocycles. The molecule has 0 aromatic carbocycles. The molecule has 2 aliphatic rings. The minimum Gasteiger partial charge on any atom is -0.389 e. The first kappa shape index (κ1) is 23.9. The van der Waals surface area contributed by atoms with Gasteiger partial charge in [-0.3, -0.25) is 4.98 Å². The van der Waals surface area contributed by atoms with Crippen LogP contribution in [0.1, 0.15) is 44.3 Å². The summed E-state index contributed by atoms with van der Waals surface area (Å²) >= 11 is 6.43. The molecular weight excluding hydrogens is 424 g/mol. The molecule has 7 nitrogen and oxygen atoms in total. The van der Waals surface area contributed by atoms with E-state index in [9.17, 15) is 5.11 Å². The lowest BCUT2D eigenvalue weighted by Crippen LogP contribution is -2.50. The summed E-state index contributed by atoms with van der Waals surface area (Å²) in [5, 5.41) is 13.3. The zero-order chi connectivity index (χ0) is 23.6. The average Bonchev–Trinajstić information content (AvgIpc) is 2.99. The number of hydrogen-bond acceptors (Lipinski definition) is 7. The number of halogens is 1. The molecule has 1 saturated heterocycles. The number of pyridine rings is 1. The van der Waals surface area contributed by atoms with Crippen molar-refractivity contribution in [3.63, 3.8) is 0 Å².